The number of nitriles is 3. The lowest BCUT2D eigenvalue weighted by Gasteiger charge is -2.15. The highest BCUT2D eigenvalue weighted by atomic mass is 32.2. The molecule has 0 aliphatic heterocycles. The molecule has 0 radical (unpaired) electrons. The largest absolute Gasteiger partial charge is 0.247 e. The lowest BCUT2D eigenvalue weighted by molar-refractivity contribution is 0.479. The van der Waals surface area contributed by atoms with Crippen LogP contribution < -0.4 is 0 Å². The number of pyridine rings is 1. The smallest absolute Gasteiger partial charge is 0.244 e. The Kier molecular flexibility index (Phi) is 4.33. The van der Waals surface area contributed by atoms with Crippen LogP contribution in [-0.2, 0) is 10.0 Å². The number of nitrogens with zero attached hydrogens (tertiary/aromatic N) is 5. The molecule has 0 unspecified atom stereocenters. The molecule has 0 atom stereocenters. The van der Waals surface area contributed by atoms with Gasteiger partial charge in [-0.1, -0.05) is 0 Å². The van der Waals surface area contributed by atoms with Crippen molar-refractivity contribution in [1.29, 1.82) is 15.8 Å². The molecule has 1 aromatic heterocycles. The van der Waals surface area contributed by atoms with Crippen LogP contribution in [0.1, 0.15) is 5.69 Å². The summed E-state index contributed by atoms with van der Waals surface area (Å²) in [7, 11) is -4.06. The molecule has 0 amide bonds. The van der Waals surface area contributed by atoms with Gasteiger partial charge < -0.3 is 0 Å². The SMILES string of the molecule is N#CCN(CC#N)S(=O)(=O)c1cccnc1C#N. The van der Waals surface area contributed by atoms with Gasteiger partial charge in [0.25, 0.3) is 0 Å². The van der Waals surface area contributed by atoms with Crippen molar-refractivity contribution in [1.82, 2.24) is 9.29 Å². The van der Waals surface area contributed by atoms with Crippen molar-refractivity contribution >= 4 is 10.0 Å². The third kappa shape index (κ3) is 2.61. The highest BCUT2D eigenvalue weighted by Gasteiger charge is 2.27. The van der Waals surface area contributed by atoms with E-state index >= 15 is 0 Å². The first-order valence-corrected chi connectivity index (χ1v) is 6.11. The topological polar surface area (TPSA) is 122 Å². The molecule has 1 heterocycles. The van der Waals surface area contributed by atoms with Crippen LogP contribution in [0.5, 0.6) is 0 Å². The Balaban J connectivity index is 3.33. The number of sulfonamides is 1. The second kappa shape index (κ2) is 5.74. The molecule has 0 spiro atoms. The van der Waals surface area contributed by atoms with E-state index in [9.17, 15) is 8.42 Å². The molecule has 90 valence electrons. The summed E-state index contributed by atoms with van der Waals surface area (Å²) in [5.74, 6) is 0. The zero-order valence-corrected chi connectivity index (χ0v) is 9.92. The van der Waals surface area contributed by atoms with Crippen LogP contribution in [0, 0.1) is 34.0 Å². The number of hydrogen-bond acceptors (Lipinski definition) is 6. The van der Waals surface area contributed by atoms with E-state index in [0.717, 1.165) is 0 Å². The minimum Gasteiger partial charge on any atom is -0.244 e. The predicted octanol–water partition coefficient (Wildman–Crippen LogP) is -0.00886. The standard InChI is InChI=1S/C10H7N5O2S/c11-3-6-15(7-4-12)18(16,17)10-2-1-5-14-9(10)8-13/h1-2,5H,6-7H2. The van der Waals surface area contributed by atoms with Crippen LogP contribution in [0.15, 0.2) is 23.2 Å². The fraction of sp³-hybridized carbons (Fsp3) is 0.200. The average molecular weight is 261 g/mol. The minimum absolute atomic E-state index is 0.265. The van der Waals surface area contributed by atoms with E-state index in [1.165, 1.54) is 18.3 Å². The lowest BCUT2D eigenvalue weighted by Crippen LogP contribution is -2.32. The van der Waals surface area contributed by atoms with E-state index in [4.69, 9.17) is 15.8 Å². The van der Waals surface area contributed by atoms with Gasteiger partial charge in [-0.3, -0.25) is 0 Å². The Morgan fingerprint density at radius 1 is 1.22 bits per heavy atom. The van der Waals surface area contributed by atoms with Gasteiger partial charge in [-0.25, -0.2) is 13.4 Å². The van der Waals surface area contributed by atoms with Crippen molar-refractivity contribution in [3.8, 4) is 18.2 Å². The van der Waals surface area contributed by atoms with Crippen LogP contribution in [0.25, 0.3) is 0 Å². The van der Waals surface area contributed by atoms with Crippen molar-refractivity contribution in [2.24, 2.45) is 0 Å². The third-order valence-electron chi connectivity index (χ3n) is 1.99. The molecule has 7 nitrogen and oxygen atoms in total. The summed E-state index contributed by atoms with van der Waals surface area (Å²) in [4.78, 5) is 3.33. The van der Waals surface area contributed by atoms with Crippen molar-refractivity contribution in [3.63, 3.8) is 0 Å². The second-order valence-corrected chi connectivity index (χ2v) is 4.96. The fourth-order valence-electron chi connectivity index (χ4n) is 1.21. The first-order valence-electron chi connectivity index (χ1n) is 4.67. The van der Waals surface area contributed by atoms with E-state index < -0.39 is 23.1 Å². The number of rotatable bonds is 4. The van der Waals surface area contributed by atoms with Gasteiger partial charge in [0.2, 0.25) is 10.0 Å². The Hall–Kier alpha value is -2.47. The van der Waals surface area contributed by atoms with Gasteiger partial charge in [0, 0.05) is 6.20 Å². The van der Waals surface area contributed by atoms with Crippen molar-refractivity contribution < 1.29 is 8.42 Å². The van der Waals surface area contributed by atoms with Gasteiger partial charge in [0.1, 0.15) is 24.1 Å². The molecular weight excluding hydrogens is 254 g/mol. The molecule has 0 aliphatic rings. The summed E-state index contributed by atoms with van der Waals surface area (Å²) in [6.07, 6.45) is 1.29. The molecule has 0 aromatic carbocycles. The second-order valence-electron chi connectivity index (χ2n) is 3.05. The highest BCUT2D eigenvalue weighted by Crippen LogP contribution is 2.17. The first-order chi connectivity index (χ1) is 8.57. The van der Waals surface area contributed by atoms with Crippen molar-refractivity contribution in [2.75, 3.05) is 13.1 Å². The Bertz CT molecular complexity index is 647. The van der Waals surface area contributed by atoms with Crippen LogP contribution in [0.2, 0.25) is 0 Å². The molecule has 0 N–H and O–H groups in total. The number of aromatic nitrogens is 1. The van der Waals surface area contributed by atoms with E-state index in [2.05, 4.69) is 4.98 Å². The summed E-state index contributed by atoms with van der Waals surface area (Å²) in [6.45, 7) is -0.925. The van der Waals surface area contributed by atoms with Gasteiger partial charge in [0.15, 0.2) is 5.69 Å². The quantitative estimate of drug-likeness (QED) is 0.702. The molecule has 0 aliphatic carbocycles. The van der Waals surface area contributed by atoms with E-state index in [-0.39, 0.29) is 10.6 Å². The lowest BCUT2D eigenvalue weighted by atomic mass is 10.4. The molecule has 18 heavy (non-hydrogen) atoms. The molecule has 0 fully saturated rings. The van der Waals surface area contributed by atoms with E-state index in [0.29, 0.717) is 4.31 Å². The zero-order chi connectivity index (χ0) is 13.6. The molecular formula is C10H7N5O2S. The monoisotopic (exact) mass is 261 g/mol. The molecule has 1 aromatic rings. The Morgan fingerprint density at radius 2 is 1.83 bits per heavy atom. The van der Waals surface area contributed by atoms with Crippen molar-refractivity contribution in [2.45, 2.75) is 4.90 Å². The van der Waals surface area contributed by atoms with Crippen LogP contribution in [-0.4, -0.2) is 30.8 Å². The number of hydrogen-bond donors (Lipinski definition) is 0. The summed E-state index contributed by atoms with van der Waals surface area (Å²) in [5.41, 5.74) is -0.265. The molecule has 8 heteroatoms. The van der Waals surface area contributed by atoms with Gasteiger partial charge in [-0.2, -0.15) is 20.1 Å². The maximum absolute atomic E-state index is 12.1. The molecule has 1 rings (SSSR count). The van der Waals surface area contributed by atoms with Gasteiger partial charge in [-0.05, 0) is 12.1 Å². The van der Waals surface area contributed by atoms with Crippen LogP contribution >= 0.6 is 0 Å². The minimum atomic E-state index is -4.06. The Morgan fingerprint density at radius 3 is 2.33 bits per heavy atom. The summed E-state index contributed by atoms with van der Waals surface area (Å²) in [6, 6.07) is 7.55. The predicted molar refractivity (Wildman–Crippen MR) is 58.9 cm³/mol. The zero-order valence-electron chi connectivity index (χ0n) is 9.11. The van der Waals surface area contributed by atoms with Crippen molar-refractivity contribution in [3.05, 3.63) is 24.0 Å². The van der Waals surface area contributed by atoms with Gasteiger partial charge >= 0.3 is 0 Å². The van der Waals surface area contributed by atoms with E-state index in [1.54, 1.807) is 18.2 Å². The first kappa shape index (κ1) is 13.6. The van der Waals surface area contributed by atoms with Gasteiger partial charge in [-0.15, -0.1) is 0 Å². The van der Waals surface area contributed by atoms with Crippen LogP contribution in [0.3, 0.4) is 0 Å². The molecule has 0 saturated heterocycles. The van der Waals surface area contributed by atoms with Crippen LogP contribution in [0.4, 0.5) is 0 Å². The fourth-order valence-corrected chi connectivity index (χ4v) is 2.53. The summed E-state index contributed by atoms with van der Waals surface area (Å²) < 4.78 is 24.9. The molecule has 0 bridgehead atoms. The maximum Gasteiger partial charge on any atom is 0.247 e. The highest BCUT2D eigenvalue weighted by molar-refractivity contribution is 7.89. The Labute approximate surface area is 104 Å². The summed E-state index contributed by atoms with van der Waals surface area (Å²) >= 11 is 0. The third-order valence-corrected chi connectivity index (χ3v) is 3.81. The maximum atomic E-state index is 12.1. The van der Waals surface area contributed by atoms with E-state index in [1.807, 2.05) is 0 Å². The van der Waals surface area contributed by atoms with Gasteiger partial charge in [0.05, 0.1) is 12.1 Å². The average Bonchev–Trinajstić information content (AvgIpc) is 2.38. The molecule has 0 saturated carbocycles. The summed E-state index contributed by atoms with van der Waals surface area (Å²) in [5, 5.41) is 25.9. The normalized spacial score (nSPS) is 10.3.